The smallest absolute Gasteiger partial charge is 0.119 e. The van der Waals surface area contributed by atoms with Gasteiger partial charge in [0.2, 0.25) is 0 Å². The largest absolute Gasteiger partial charge is 0.493 e. The lowest BCUT2D eigenvalue weighted by atomic mass is 9.92. The lowest BCUT2D eigenvalue weighted by molar-refractivity contribution is 0.168. The molecule has 0 radical (unpaired) electrons. The SMILES string of the molecule is NCCC(O)c1cc(OCC2CCCCCCC2)ccc1Br. The average Bonchev–Trinajstić information content (AvgIpc) is 2.47. The van der Waals surface area contributed by atoms with Crippen molar-refractivity contribution in [2.75, 3.05) is 13.2 Å². The van der Waals surface area contributed by atoms with Gasteiger partial charge < -0.3 is 15.6 Å². The second-order valence-corrected chi connectivity index (χ2v) is 7.15. The van der Waals surface area contributed by atoms with Gasteiger partial charge >= 0.3 is 0 Å². The highest BCUT2D eigenvalue weighted by atomic mass is 79.9. The second kappa shape index (κ2) is 9.53. The van der Waals surface area contributed by atoms with Gasteiger partial charge in [0, 0.05) is 4.47 Å². The number of hydrogen-bond donors (Lipinski definition) is 2. The molecule has 0 heterocycles. The van der Waals surface area contributed by atoms with Crippen LogP contribution in [-0.4, -0.2) is 18.3 Å². The van der Waals surface area contributed by atoms with Crippen molar-refractivity contribution in [2.24, 2.45) is 11.7 Å². The van der Waals surface area contributed by atoms with Crippen LogP contribution in [0, 0.1) is 5.92 Å². The summed E-state index contributed by atoms with van der Waals surface area (Å²) in [7, 11) is 0. The Morgan fingerprint density at radius 2 is 1.86 bits per heavy atom. The highest BCUT2D eigenvalue weighted by Crippen LogP contribution is 2.30. The molecular formula is C18H28BrNO2. The molecule has 4 heteroatoms. The van der Waals surface area contributed by atoms with E-state index >= 15 is 0 Å². The van der Waals surface area contributed by atoms with Crippen molar-refractivity contribution in [3.05, 3.63) is 28.2 Å². The minimum atomic E-state index is -0.538. The standard InChI is InChI=1S/C18H28BrNO2/c19-17-9-8-15(12-16(17)18(21)10-11-20)22-13-14-6-4-2-1-3-5-7-14/h8-9,12,14,18,21H,1-7,10-11,13,20H2. The number of aliphatic hydroxyl groups is 1. The summed E-state index contributed by atoms with van der Waals surface area (Å²) in [6.07, 6.45) is 9.35. The van der Waals surface area contributed by atoms with Gasteiger partial charge in [-0.05, 0) is 55.5 Å². The van der Waals surface area contributed by atoms with Gasteiger partial charge in [-0.3, -0.25) is 0 Å². The molecule has 0 spiro atoms. The third-order valence-corrected chi connectivity index (χ3v) is 5.20. The Morgan fingerprint density at radius 3 is 2.55 bits per heavy atom. The second-order valence-electron chi connectivity index (χ2n) is 6.30. The van der Waals surface area contributed by atoms with E-state index in [1.165, 1.54) is 44.9 Å². The van der Waals surface area contributed by atoms with Gasteiger partial charge in [-0.1, -0.05) is 48.0 Å². The van der Waals surface area contributed by atoms with Gasteiger partial charge in [-0.25, -0.2) is 0 Å². The highest BCUT2D eigenvalue weighted by Gasteiger charge is 2.14. The van der Waals surface area contributed by atoms with E-state index in [1.54, 1.807) is 0 Å². The fourth-order valence-corrected chi connectivity index (χ4v) is 3.61. The Labute approximate surface area is 142 Å². The number of halogens is 1. The van der Waals surface area contributed by atoms with Gasteiger partial charge in [0.1, 0.15) is 5.75 Å². The molecule has 1 unspecified atom stereocenters. The third-order valence-electron chi connectivity index (χ3n) is 4.48. The predicted molar refractivity (Wildman–Crippen MR) is 94.1 cm³/mol. The fraction of sp³-hybridized carbons (Fsp3) is 0.667. The minimum absolute atomic E-state index is 0.473. The van der Waals surface area contributed by atoms with Crippen LogP contribution in [0.25, 0.3) is 0 Å². The Kier molecular flexibility index (Phi) is 7.70. The molecule has 3 nitrogen and oxygen atoms in total. The van der Waals surface area contributed by atoms with E-state index in [1.807, 2.05) is 18.2 Å². The Bertz CT molecular complexity index is 445. The van der Waals surface area contributed by atoms with Gasteiger partial charge in [-0.2, -0.15) is 0 Å². The molecule has 1 atom stereocenters. The molecule has 0 bridgehead atoms. The van der Waals surface area contributed by atoms with Crippen LogP contribution in [-0.2, 0) is 0 Å². The van der Waals surface area contributed by atoms with Crippen LogP contribution in [0.2, 0.25) is 0 Å². The summed E-state index contributed by atoms with van der Waals surface area (Å²) < 4.78 is 6.91. The van der Waals surface area contributed by atoms with Crippen LogP contribution < -0.4 is 10.5 Å². The van der Waals surface area contributed by atoms with Gasteiger partial charge in [0.25, 0.3) is 0 Å². The average molecular weight is 370 g/mol. The fourth-order valence-electron chi connectivity index (χ4n) is 3.10. The molecule has 1 aromatic carbocycles. The number of aliphatic hydroxyl groups excluding tert-OH is 1. The summed E-state index contributed by atoms with van der Waals surface area (Å²) in [5.74, 6) is 1.51. The van der Waals surface area contributed by atoms with Crippen molar-refractivity contribution in [2.45, 2.75) is 57.5 Å². The van der Waals surface area contributed by atoms with E-state index < -0.39 is 6.10 Å². The molecular weight excluding hydrogens is 342 g/mol. The van der Waals surface area contributed by atoms with Crippen LogP contribution in [0.15, 0.2) is 22.7 Å². The Hall–Kier alpha value is -0.580. The molecule has 1 aromatic rings. The summed E-state index contributed by atoms with van der Waals surface area (Å²) in [6.45, 7) is 1.26. The molecule has 0 amide bonds. The van der Waals surface area contributed by atoms with Crippen LogP contribution in [0.4, 0.5) is 0 Å². The molecule has 0 aromatic heterocycles. The van der Waals surface area contributed by atoms with E-state index in [4.69, 9.17) is 10.5 Å². The van der Waals surface area contributed by atoms with E-state index in [2.05, 4.69) is 15.9 Å². The number of rotatable bonds is 6. The zero-order valence-corrected chi connectivity index (χ0v) is 14.9. The molecule has 1 fully saturated rings. The maximum absolute atomic E-state index is 10.1. The van der Waals surface area contributed by atoms with Crippen LogP contribution in [0.1, 0.15) is 63.0 Å². The first-order valence-corrected chi connectivity index (χ1v) is 9.30. The molecule has 1 saturated carbocycles. The third kappa shape index (κ3) is 5.56. The van der Waals surface area contributed by atoms with E-state index in [-0.39, 0.29) is 0 Å². The Balaban J connectivity index is 1.92. The number of benzene rings is 1. The van der Waals surface area contributed by atoms with E-state index in [0.717, 1.165) is 22.4 Å². The summed E-state index contributed by atoms with van der Waals surface area (Å²) in [4.78, 5) is 0. The summed E-state index contributed by atoms with van der Waals surface area (Å²) in [5, 5.41) is 10.1. The lowest BCUT2D eigenvalue weighted by Crippen LogP contribution is -2.14. The Morgan fingerprint density at radius 1 is 1.18 bits per heavy atom. The van der Waals surface area contributed by atoms with Crippen LogP contribution in [0.3, 0.4) is 0 Å². The number of hydrogen-bond acceptors (Lipinski definition) is 3. The van der Waals surface area contributed by atoms with Crippen molar-refractivity contribution in [1.82, 2.24) is 0 Å². The molecule has 1 aliphatic carbocycles. The van der Waals surface area contributed by atoms with Crippen LogP contribution >= 0.6 is 15.9 Å². The topological polar surface area (TPSA) is 55.5 Å². The maximum atomic E-state index is 10.1. The van der Waals surface area contributed by atoms with E-state index in [0.29, 0.717) is 18.9 Å². The molecule has 2 rings (SSSR count). The first kappa shape index (κ1) is 17.8. The lowest BCUT2D eigenvalue weighted by Gasteiger charge is -2.20. The quantitative estimate of drug-likeness (QED) is 0.771. The summed E-state index contributed by atoms with van der Waals surface area (Å²) in [5.41, 5.74) is 6.39. The zero-order chi connectivity index (χ0) is 15.8. The maximum Gasteiger partial charge on any atom is 0.119 e. The van der Waals surface area contributed by atoms with Crippen LogP contribution in [0.5, 0.6) is 5.75 Å². The number of ether oxygens (including phenoxy) is 1. The predicted octanol–water partition coefficient (Wildman–Crippen LogP) is 4.57. The molecule has 1 aliphatic rings. The van der Waals surface area contributed by atoms with Crippen molar-refractivity contribution >= 4 is 15.9 Å². The van der Waals surface area contributed by atoms with Crippen molar-refractivity contribution in [3.63, 3.8) is 0 Å². The first-order valence-electron chi connectivity index (χ1n) is 8.51. The van der Waals surface area contributed by atoms with Crippen molar-refractivity contribution in [3.8, 4) is 5.75 Å². The van der Waals surface area contributed by atoms with Crippen molar-refractivity contribution in [1.29, 1.82) is 0 Å². The zero-order valence-electron chi connectivity index (χ0n) is 13.3. The van der Waals surface area contributed by atoms with E-state index in [9.17, 15) is 5.11 Å². The van der Waals surface area contributed by atoms with Crippen molar-refractivity contribution < 1.29 is 9.84 Å². The van der Waals surface area contributed by atoms with Gasteiger partial charge in [0.05, 0.1) is 12.7 Å². The molecule has 124 valence electrons. The normalized spacial score (nSPS) is 18.5. The molecule has 3 N–H and O–H groups in total. The monoisotopic (exact) mass is 369 g/mol. The molecule has 22 heavy (non-hydrogen) atoms. The molecule has 0 saturated heterocycles. The summed E-state index contributed by atoms with van der Waals surface area (Å²) >= 11 is 3.49. The minimum Gasteiger partial charge on any atom is -0.493 e. The van der Waals surface area contributed by atoms with Gasteiger partial charge in [0.15, 0.2) is 0 Å². The summed E-state index contributed by atoms with van der Waals surface area (Å²) in [6, 6.07) is 5.85. The number of nitrogens with two attached hydrogens (primary N) is 1. The first-order chi connectivity index (χ1) is 10.7. The molecule has 0 aliphatic heterocycles. The highest BCUT2D eigenvalue weighted by molar-refractivity contribution is 9.10. The van der Waals surface area contributed by atoms with Gasteiger partial charge in [-0.15, -0.1) is 0 Å².